The number of nitrogens with one attached hydrogen (secondary N) is 1. The second-order valence-electron chi connectivity index (χ2n) is 5.64. The molecule has 0 aliphatic carbocycles. The number of aromatic amines is 1. The van der Waals surface area contributed by atoms with E-state index in [-0.39, 0.29) is 5.82 Å². The summed E-state index contributed by atoms with van der Waals surface area (Å²) in [7, 11) is 0. The molecule has 3 aromatic heterocycles. The van der Waals surface area contributed by atoms with Crippen molar-refractivity contribution in [1.82, 2.24) is 15.0 Å². The van der Waals surface area contributed by atoms with E-state index in [0.717, 1.165) is 27.5 Å². The fourth-order valence-corrected chi connectivity index (χ4v) is 2.77. The van der Waals surface area contributed by atoms with Gasteiger partial charge in [-0.25, -0.2) is 9.37 Å². The van der Waals surface area contributed by atoms with E-state index in [1.807, 2.05) is 18.2 Å². The fourth-order valence-electron chi connectivity index (χ4n) is 2.77. The van der Waals surface area contributed by atoms with Crippen LogP contribution in [-0.4, -0.2) is 20.9 Å². The van der Waals surface area contributed by atoms with Gasteiger partial charge < -0.3 is 10.7 Å². The normalized spacial score (nSPS) is 11.6. The van der Waals surface area contributed by atoms with Crippen molar-refractivity contribution in [2.24, 2.45) is 5.73 Å². The highest BCUT2D eigenvalue weighted by molar-refractivity contribution is 5.96. The monoisotopic (exact) mass is 332 g/mol. The maximum atomic E-state index is 13.8. The van der Waals surface area contributed by atoms with E-state index in [0.29, 0.717) is 11.2 Å². The van der Waals surface area contributed by atoms with Crippen molar-refractivity contribution in [3.63, 3.8) is 0 Å². The molecule has 3 N–H and O–H groups in total. The first-order chi connectivity index (χ1) is 12.1. The summed E-state index contributed by atoms with van der Waals surface area (Å²) in [5.74, 6) is -0.860. The number of halogens is 1. The van der Waals surface area contributed by atoms with Crippen LogP contribution in [-0.2, 0) is 4.79 Å². The molecule has 1 aromatic carbocycles. The molecular weight excluding hydrogens is 319 g/mol. The third kappa shape index (κ3) is 2.74. The van der Waals surface area contributed by atoms with Crippen molar-refractivity contribution in [3.8, 4) is 11.1 Å². The van der Waals surface area contributed by atoms with E-state index in [9.17, 15) is 9.18 Å². The number of para-hydroxylation sites is 1. The minimum atomic E-state index is -0.515. The number of fused-ring (bicyclic) bond motifs is 2. The van der Waals surface area contributed by atoms with E-state index in [4.69, 9.17) is 5.73 Å². The van der Waals surface area contributed by atoms with Crippen molar-refractivity contribution < 1.29 is 9.18 Å². The highest BCUT2D eigenvalue weighted by atomic mass is 19.1. The van der Waals surface area contributed by atoms with Crippen LogP contribution >= 0.6 is 0 Å². The summed E-state index contributed by atoms with van der Waals surface area (Å²) < 4.78 is 13.8. The Bertz CT molecular complexity index is 1150. The Morgan fingerprint density at radius 3 is 2.80 bits per heavy atom. The third-order valence-corrected chi connectivity index (χ3v) is 3.99. The Kier molecular flexibility index (Phi) is 3.50. The Hall–Kier alpha value is -3.54. The van der Waals surface area contributed by atoms with Crippen molar-refractivity contribution in [3.05, 3.63) is 66.4 Å². The van der Waals surface area contributed by atoms with E-state index in [1.54, 1.807) is 30.7 Å². The van der Waals surface area contributed by atoms with E-state index >= 15 is 0 Å². The quantitative estimate of drug-likeness (QED) is 0.564. The number of benzene rings is 1. The molecule has 0 bridgehead atoms. The Balaban J connectivity index is 1.84. The molecule has 0 spiro atoms. The molecule has 5 nitrogen and oxygen atoms in total. The van der Waals surface area contributed by atoms with Gasteiger partial charge in [-0.15, -0.1) is 0 Å². The standard InChI is InChI=1S/C19H13FN4O/c20-16-3-1-2-11-6-13(9-22-18(11)16)14-7-15-12(4-5-17(21)25)8-23-19(15)24-10-14/h1-10H,(H2,21,25)(H,23,24). The number of hydrogen-bond acceptors (Lipinski definition) is 3. The minimum absolute atomic E-state index is 0.340. The molecule has 1 amide bonds. The van der Waals surface area contributed by atoms with Crippen LogP contribution in [0.2, 0.25) is 0 Å². The lowest BCUT2D eigenvalue weighted by atomic mass is 10.0. The minimum Gasteiger partial charge on any atom is -0.366 e. The molecule has 4 aromatic rings. The highest BCUT2D eigenvalue weighted by Gasteiger charge is 2.08. The zero-order valence-corrected chi connectivity index (χ0v) is 13.0. The molecule has 0 aliphatic rings. The number of carbonyl (C=O) groups excluding carboxylic acids is 1. The fraction of sp³-hybridized carbons (Fsp3) is 0. The molecule has 0 saturated carbocycles. The van der Waals surface area contributed by atoms with Crippen LogP contribution < -0.4 is 5.73 Å². The molecule has 0 saturated heterocycles. The maximum Gasteiger partial charge on any atom is 0.241 e. The summed E-state index contributed by atoms with van der Waals surface area (Å²) in [5, 5.41) is 1.58. The zero-order valence-electron chi connectivity index (χ0n) is 13.0. The van der Waals surface area contributed by atoms with Crippen LogP contribution in [0.5, 0.6) is 0 Å². The molecule has 0 atom stereocenters. The van der Waals surface area contributed by atoms with Gasteiger partial charge in [-0.1, -0.05) is 12.1 Å². The lowest BCUT2D eigenvalue weighted by Gasteiger charge is -2.04. The van der Waals surface area contributed by atoms with Crippen molar-refractivity contribution in [1.29, 1.82) is 0 Å². The Morgan fingerprint density at radius 1 is 1.16 bits per heavy atom. The number of primary amides is 1. The molecule has 0 unspecified atom stereocenters. The van der Waals surface area contributed by atoms with Crippen LogP contribution in [0, 0.1) is 5.82 Å². The van der Waals surface area contributed by atoms with Crippen molar-refractivity contribution >= 4 is 33.9 Å². The van der Waals surface area contributed by atoms with Crippen LogP contribution in [0.15, 0.2) is 55.0 Å². The molecule has 122 valence electrons. The first-order valence-electron chi connectivity index (χ1n) is 7.61. The molecule has 0 aliphatic heterocycles. The largest absolute Gasteiger partial charge is 0.366 e. The first-order valence-corrected chi connectivity index (χ1v) is 7.61. The lowest BCUT2D eigenvalue weighted by molar-refractivity contribution is -0.113. The maximum absolute atomic E-state index is 13.8. The summed E-state index contributed by atoms with van der Waals surface area (Å²) in [4.78, 5) is 22.6. The summed E-state index contributed by atoms with van der Waals surface area (Å²) in [6.07, 6.45) is 8.05. The van der Waals surface area contributed by atoms with Crippen LogP contribution in [0.1, 0.15) is 5.56 Å². The SMILES string of the molecule is NC(=O)C=Cc1c[nH]c2ncc(-c3cnc4c(F)cccc4c3)cc12. The van der Waals surface area contributed by atoms with Crippen LogP contribution in [0.4, 0.5) is 4.39 Å². The number of amides is 1. The Labute approximate surface area is 142 Å². The summed E-state index contributed by atoms with van der Waals surface area (Å²) in [6.45, 7) is 0. The topological polar surface area (TPSA) is 84.7 Å². The van der Waals surface area contributed by atoms with E-state index in [2.05, 4.69) is 15.0 Å². The highest BCUT2D eigenvalue weighted by Crippen LogP contribution is 2.27. The smallest absolute Gasteiger partial charge is 0.241 e. The van der Waals surface area contributed by atoms with Gasteiger partial charge in [0.2, 0.25) is 5.91 Å². The van der Waals surface area contributed by atoms with Crippen molar-refractivity contribution in [2.45, 2.75) is 0 Å². The number of hydrogen-bond donors (Lipinski definition) is 2. The van der Waals surface area contributed by atoms with Crippen LogP contribution in [0.3, 0.4) is 0 Å². The third-order valence-electron chi connectivity index (χ3n) is 3.99. The van der Waals surface area contributed by atoms with Gasteiger partial charge in [-0.2, -0.15) is 0 Å². The van der Waals surface area contributed by atoms with Gasteiger partial charge in [0.05, 0.1) is 0 Å². The van der Waals surface area contributed by atoms with E-state index < -0.39 is 5.91 Å². The van der Waals surface area contributed by atoms with Gasteiger partial charge in [0, 0.05) is 52.1 Å². The molecule has 6 heteroatoms. The average molecular weight is 332 g/mol. The molecule has 0 radical (unpaired) electrons. The van der Waals surface area contributed by atoms with Gasteiger partial charge in [0.15, 0.2) is 0 Å². The van der Waals surface area contributed by atoms with Crippen LogP contribution in [0.25, 0.3) is 39.1 Å². The molecule has 4 rings (SSSR count). The van der Waals surface area contributed by atoms with Gasteiger partial charge in [-0.05, 0) is 24.3 Å². The predicted molar refractivity (Wildman–Crippen MR) is 95.0 cm³/mol. The Morgan fingerprint density at radius 2 is 1.96 bits per heavy atom. The zero-order chi connectivity index (χ0) is 17.4. The molecule has 25 heavy (non-hydrogen) atoms. The molecule has 0 fully saturated rings. The lowest BCUT2D eigenvalue weighted by Crippen LogP contribution is -2.04. The second kappa shape index (κ2) is 5.83. The van der Waals surface area contributed by atoms with Gasteiger partial charge in [0.1, 0.15) is 17.0 Å². The number of rotatable bonds is 3. The number of aromatic nitrogens is 3. The number of H-pyrrole nitrogens is 1. The number of nitrogens with zero attached hydrogens (tertiary/aromatic N) is 2. The second-order valence-corrected chi connectivity index (χ2v) is 5.64. The molecule has 3 heterocycles. The summed E-state index contributed by atoms with van der Waals surface area (Å²) in [5.41, 5.74) is 8.68. The van der Waals surface area contributed by atoms with E-state index in [1.165, 1.54) is 12.1 Å². The van der Waals surface area contributed by atoms with Crippen molar-refractivity contribution in [2.75, 3.05) is 0 Å². The average Bonchev–Trinajstić information content (AvgIpc) is 3.02. The molecular formula is C19H13FN4O. The number of pyridine rings is 2. The summed E-state index contributed by atoms with van der Waals surface area (Å²) in [6, 6.07) is 8.68. The van der Waals surface area contributed by atoms with Gasteiger partial charge >= 0.3 is 0 Å². The number of nitrogens with two attached hydrogens (primary N) is 1. The van der Waals surface area contributed by atoms with Gasteiger partial charge in [0.25, 0.3) is 0 Å². The summed E-state index contributed by atoms with van der Waals surface area (Å²) >= 11 is 0. The predicted octanol–water partition coefficient (Wildman–Crippen LogP) is 3.42. The first kappa shape index (κ1) is 15.0. The number of carbonyl (C=O) groups is 1. The van der Waals surface area contributed by atoms with Gasteiger partial charge in [-0.3, -0.25) is 9.78 Å².